The molecule has 1 saturated heterocycles. The van der Waals surface area contributed by atoms with Crippen LogP contribution in [0.15, 0.2) is 46.8 Å². The fourth-order valence-electron chi connectivity index (χ4n) is 3.26. The number of allylic oxidation sites excluding steroid dienone is 1. The van der Waals surface area contributed by atoms with Crippen molar-refractivity contribution in [2.75, 3.05) is 13.1 Å². The summed E-state index contributed by atoms with van der Waals surface area (Å²) in [6.45, 7) is 5.39. The number of H-pyrrole nitrogens is 1. The number of likely N-dealkylation sites (tertiary alicyclic amines) is 1. The van der Waals surface area contributed by atoms with Gasteiger partial charge in [0.05, 0.1) is 5.69 Å². The molecule has 1 fully saturated rings. The van der Waals surface area contributed by atoms with Crippen LogP contribution < -0.4 is 5.69 Å². The highest BCUT2D eigenvalue weighted by Crippen LogP contribution is 2.22. The maximum Gasteiger partial charge on any atom is 0.347 e. The third-order valence-electron chi connectivity index (χ3n) is 4.57. The number of para-hydroxylation sites is 1. The first-order chi connectivity index (χ1) is 12.0. The second-order valence-corrected chi connectivity index (χ2v) is 6.81. The molecule has 25 heavy (non-hydrogen) atoms. The van der Waals surface area contributed by atoms with Gasteiger partial charge in [0.1, 0.15) is 5.82 Å². The van der Waals surface area contributed by atoms with E-state index >= 15 is 0 Å². The van der Waals surface area contributed by atoms with Crippen LogP contribution in [0.5, 0.6) is 0 Å². The third kappa shape index (κ3) is 4.07. The average molecular weight is 340 g/mol. The minimum Gasteiger partial charge on any atom is -0.339 e. The molecule has 132 valence electrons. The van der Waals surface area contributed by atoms with E-state index in [0.29, 0.717) is 5.92 Å². The highest BCUT2D eigenvalue weighted by atomic mass is 16.2. The van der Waals surface area contributed by atoms with Gasteiger partial charge in [-0.15, -0.1) is 0 Å². The van der Waals surface area contributed by atoms with Crippen LogP contribution in [0.3, 0.4) is 0 Å². The molecule has 0 spiro atoms. The van der Waals surface area contributed by atoms with E-state index in [0.717, 1.165) is 49.4 Å². The fourth-order valence-corrected chi connectivity index (χ4v) is 3.26. The molecular formula is C19H24N4O2. The minimum atomic E-state index is -0.211. The molecule has 2 aromatic rings. The Bertz CT molecular complexity index is 807. The van der Waals surface area contributed by atoms with Crippen LogP contribution in [0, 0.1) is 5.92 Å². The molecule has 3 rings (SSSR count). The molecule has 0 atom stereocenters. The quantitative estimate of drug-likeness (QED) is 0.868. The van der Waals surface area contributed by atoms with Gasteiger partial charge in [0.15, 0.2) is 0 Å². The third-order valence-corrected chi connectivity index (χ3v) is 4.57. The summed E-state index contributed by atoms with van der Waals surface area (Å²) in [5, 5.41) is 6.77. The molecule has 6 nitrogen and oxygen atoms in total. The Morgan fingerprint density at radius 1 is 1.24 bits per heavy atom. The Labute approximate surface area is 147 Å². The van der Waals surface area contributed by atoms with Gasteiger partial charge in [-0.25, -0.2) is 14.5 Å². The first-order valence-electron chi connectivity index (χ1n) is 8.70. The molecule has 0 bridgehead atoms. The first-order valence-corrected chi connectivity index (χ1v) is 8.70. The van der Waals surface area contributed by atoms with Gasteiger partial charge < -0.3 is 4.90 Å². The molecule has 0 radical (unpaired) electrons. The lowest BCUT2D eigenvalue weighted by Gasteiger charge is -2.31. The molecule has 6 heteroatoms. The maximum atomic E-state index is 12.1. The number of hydrogen-bond donors (Lipinski definition) is 1. The van der Waals surface area contributed by atoms with E-state index in [9.17, 15) is 9.59 Å². The van der Waals surface area contributed by atoms with Crippen molar-refractivity contribution in [1.29, 1.82) is 0 Å². The summed E-state index contributed by atoms with van der Waals surface area (Å²) >= 11 is 0. The van der Waals surface area contributed by atoms with Gasteiger partial charge in [0, 0.05) is 25.6 Å². The van der Waals surface area contributed by atoms with Crippen molar-refractivity contribution in [2.24, 2.45) is 5.92 Å². The smallest absolute Gasteiger partial charge is 0.339 e. The van der Waals surface area contributed by atoms with Crippen molar-refractivity contribution in [3.8, 4) is 5.69 Å². The highest BCUT2D eigenvalue weighted by molar-refractivity contribution is 5.88. The van der Waals surface area contributed by atoms with Crippen LogP contribution >= 0.6 is 0 Å². The number of piperidine rings is 1. The lowest BCUT2D eigenvalue weighted by molar-refractivity contribution is -0.127. The number of carbonyl (C=O) groups is 1. The summed E-state index contributed by atoms with van der Waals surface area (Å²) < 4.78 is 1.64. The Morgan fingerprint density at radius 2 is 1.92 bits per heavy atom. The maximum absolute atomic E-state index is 12.1. The zero-order valence-corrected chi connectivity index (χ0v) is 14.7. The first kappa shape index (κ1) is 17.2. The van der Waals surface area contributed by atoms with E-state index in [-0.39, 0.29) is 11.6 Å². The standard InChI is InChI=1S/C19H24N4O2/c1-14(2)12-18(24)22-10-8-15(9-11-22)13-17-20-21-19(25)23(17)16-6-4-3-5-7-16/h3-7,12,15H,8-11,13H2,1-2H3,(H,21,25). The van der Waals surface area contributed by atoms with E-state index in [4.69, 9.17) is 0 Å². The van der Waals surface area contributed by atoms with Crippen molar-refractivity contribution in [3.63, 3.8) is 0 Å². The molecule has 0 unspecified atom stereocenters. The summed E-state index contributed by atoms with van der Waals surface area (Å²) in [5.41, 5.74) is 1.64. The SMILES string of the molecule is CC(C)=CC(=O)N1CCC(Cc2n[nH]c(=O)n2-c2ccccc2)CC1. The zero-order chi connectivity index (χ0) is 17.8. The van der Waals surface area contributed by atoms with Gasteiger partial charge in [-0.3, -0.25) is 4.79 Å². The molecule has 1 aromatic carbocycles. The van der Waals surface area contributed by atoms with Crippen LogP contribution in [-0.4, -0.2) is 38.7 Å². The van der Waals surface area contributed by atoms with Crippen LogP contribution in [-0.2, 0) is 11.2 Å². The number of aromatic nitrogens is 3. The lowest BCUT2D eigenvalue weighted by atomic mass is 9.93. The Morgan fingerprint density at radius 3 is 2.56 bits per heavy atom. The van der Waals surface area contributed by atoms with Gasteiger partial charge in [-0.05, 0) is 44.7 Å². The van der Waals surface area contributed by atoms with Gasteiger partial charge >= 0.3 is 5.69 Å². The van der Waals surface area contributed by atoms with E-state index in [1.807, 2.05) is 49.1 Å². The second-order valence-electron chi connectivity index (χ2n) is 6.81. The number of aromatic amines is 1. The molecule has 1 aromatic heterocycles. The normalized spacial score (nSPS) is 15.2. The van der Waals surface area contributed by atoms with Crippen molar-refractivity contribution >= 4 is 5.91 Å². The summed E-state index contributed by atoms with van der Waals surface area (Å²) in [4.78, 5) is 26.1. The number of carbonyl (C=O) groups excluding carboxylic acids is 1. The summed E-state index contributed by atoms with van der Waals surface area (Å²) in [5.74, 6) is 1.28. The minimum absolute atomic E-state index is 0.0967. The van der Waals surface area contributed by atoms with E-state index in [1.165, 1.54) is 0 Å². The predicted molar refractivity (Wildman–Crippen MR) is 96.6 cm³/mol. The molecule has 2 heterocycles. The van der Waals surface area contributed by atoms with Gasteiger partial charge in [0.2, 0.25) is 5.91 Å². The lowest BCUT2D eigenvalue weighted by Crippen LogP contribution is -2.38. The van der Waals surface area contributed by atoms with E-state index < -0.39 is 0 Å². The Hall–Kier alpha value is -2.63. The van der Waals surface area contributed by atoms with Crippen LogP contribution in [0.2, 0.25) is 0 Å². The van der Waals surface area contributed by atoms with Gasteiger partial charge in [-0.2, -0.15) is 5.10 Å². The van der Waals surface area contributed by atoms with Crippen molar-refractivity contribution in [1.82, 2.24) is 19.7 Å². The molecular weight excluding hydrogens is 316 g/mol. The zero-order valence-electron chi connectivity index (χ0n) is 14.7. The molecule has 0 aliphatic carbocycles. The highest BCUT2D eigenvalue weighted by Gasteiger charge is 2.24. The number of hydrogen-bond acceptors (Lipinski definition) is 3. The molecule has 1 aliphatic rings. The molecule has 0 saturated carbocycles. The monoisotopic (exact) mass is 340 g/mol. The topological polar surface area (TPSA) is 71.0 Å². The molecule has 1 aliphatic heterocycles. The van der Waals surface area contributed by atoms with Crippen molar-refractivity contribution in [2.45, 2.75) is 33.1 Å². The van der Waals surface area contributed by atoms with Crippen LogP contribution in [0.4, 0.5) is 0 Å². The Kier molecular flexibility index (Phi) is 5.16. The van der Waals surface area contributed by atoms with Crippen LogP contribution in [0.25, 0.3) is 5.69 Å². The summed E-state index contributed by atoms with van der Waals surface area (Å²) in [6.07, 6.45) is 4.29. The van der Waals surface area contributed by atoms with Gasteiger partial charge in [-0.1, -0.05) is 23.8 Å². The van der Waals surface area contributed by atoms with E-state index in [2.05, 4.69) is 10.2 Å². The van der Waals surface area contributed by atoms with Crippen molar-refractivity contribution < 1.29 is 4.79 Å². The summed E-state index contributed by atoms with van der Waals surface area (Å²) in [6, 6.07) is 9.55. The van der Waals surface area contributed by atoms with Crippen molar-refractivity contribution in [3.05, 3.63) is 58.3 Å². The number of nitrogens with zero attached hydrogens (tertiary/aromatic N) is 3. The number of nitrogens with one attached hydrogen (secondary N) is 1. The summed E-state index contributed by atoms with van der Waals surface area (Å²) in [7, 11) is 0. The fraction of sp³-hybridized carbons (Fsp3) is 0.421. The Balaban J connectivity index is 1.67. The number of rotatable bonds is 4. The number of amides is 1. The van der Waals surface area contributed by atoms with E-state index in [1.54, 1.807) is 10.6 Å². The predicted octanol–water partition coefficient (Wildman–Crippen LogP) is 2.31. The van der Waals surface area contributed by atoms with Crippen LogP contribution in [0.1, 0.15) is 32.5 Å². The average Bonchev–Trinajstić information content (AvgIpc) is 2.96. The largest absolute Gasteiger partial charge is 0.347 e. The second kappa shape index (κ2) is 7.51. The molecule has 1 amide bonds. The molecule has 1 N–H and O–H groups in total. The number of benzene rings is 1. The van der Waals surface area contributed by atoms with Gasteiger partial charge in [0.25, 0.3) is 0 Å².